The van der Waals surface area contributed by atoms with Crippen LogP contribution in [-0.4, -0.2) is 21.0 Å². The number of carbonyl (C=O) groups is 1. The Bertz CT molecular complexity index is 669. The molecule has 0 saturated heterocycles. The molecule has 0 aliphatic heterocycles. The number of aromatic carboxylic acids is 1. The van der Waals surface area contributed by atoms with Crippen LogP contribution in [0.5, 0.6) is 0 Å². The summed E-state index contributed by atoms with van der Waals surface area (Å²) in [6.45, 7) is 0.611. The number of halogens is 3. The van der Waals surface area contributed by atoms with E-state index < -0.39 is 29.1 Å². The van der Waals surface area contributed by atoms with Crippen LogP contribution in [0.15, 0.2) is 30.5 Å². The second-order valence-electron chi connectivity index (χ2n) is 4.16. The number of rotatable bonds is 3. The van der Waals surface area contributed by atoms with E-state index in [-0.39, 0.29) is 11.3 Å². The van der Waals surface area contributed by atoms with Crippen molar-refractivity contribution in [2.24, 2.45) is 0 Å². The Morgan fingerprint density at radius 3 is 2.60 bits per heavy atom. The van der Waals surface area contributed by atoms with E-state index in [0.29, 0.717) is 6.92 Å². The molecular formula is C13H9F3N2O2. The quantitative estimate of drug-likeness (QED) is 0.939. The Balaban J connectivity index is 2.70. The standard InChI is InChI=1S/C13H9F3N2O2/c1-13(15,16)11-10(7-3-2-4-8(14)5-7)18-9(6-17-11)12(19)20/h2-6H,1H3,(H,19,20). The first-order chi connectivity index (χ1) is 9.29. The zero-order chi connectivity index (χ0) is 14.9. The fourth-order valence-electron chi connectivity index (χ4n) is 1.65. The van der Waals surface area contributed by atoms with Crippen LogP contribution in [0.1, 0.15) is 23.1 Å². The van der Waals surface area contributed by atoms with Gasteiger partial charge in [-0.1, -0.05) is 12.1 Å². The molecule has 1 heterocycles. The summed E-state index contributed by atoms with van der Waals surface area (Å²) in [5, 5.41) is 8.84. The maximum Gasteiger partial charge on any atom is 0.356 e. The lowest BCUT2D eigenvalue weighted by Crippen LogP contribution is -2.15. The smallest absolute Gasteiger partial charge is 0.356 e. The van der Waals surface area contributed by atoms with Crippen molar-refractivity contribution in [2.75, 3.05) is 0 Å². The van der Waals surface area contributed by atoms with E-state index in [4.69, 9.17) is 5.11 Å². The molecule has 7 heteroatoms. The average Bonchev–Trinajstić information content (AvgIpc) is 2.37. The second-order valence-corrected chi connectivity index (χ2v) is 4.16. The Kier molecular flexibility index (Phi) is 3.44. The van der Waals surface area contributed by atoms with Crippen molar-refractivity contribution in [3.8, 4) is 11.3 Å². The van der Waals surface area contributed by atoms with Crippen LogP contribution >= 0.6 is 0 Å². The molecule has 0 fully saturated rings. The first-order valence-electron chi connectivity index (χ1n) is 5.53. The van der Waals surface area contributed by atoms with Gasteiger partial charge in [0.05, 0.1) is 11.9 Å². The maximum absolute atomic E-state index is 13.5. The predicted octanol–water partition coefficient (Wildman–Crippen LogP) is 3.09. The number of nitrogens with zero attached hydrogens (tertiary/aromatic N) is 2. The second kappa shape index (κ2) is 4.92. The lowest BCUT2D eigenvalue weighted by molar-refractivity contribution is 0.0129. The normalized spacial score (nSPS) is 11.4. The van der Waals surface area contributed by atoms with Crippen molar-refractivity contribution in [1.82, 2.24) is 9.97 Å². The number of alkyl halides is 2. The van der Waals surface area contributed by atoms with Crippen LogP contribution in [0, 0.1) is 5.82 Å². The minimum atomic E-state index is -3.33. The summed E-state index contributed by atoms with van der Waals surface area (Å²) in [5.41, 5.74) is -1.50. The van der Waals surface area contributed by atoms with Gasteiger partial charge in [-0.25, -0.2) is 14.2 Å². The van der Waals surface area contributed by atoms with Gasteiger partial charge in [-0.05, 0) is 12.1 Å². The van der Waals surface area contributed by atoms with Crippen molar-refractivity contribution in [2.45, 2.75) is 12.8 Å². The maximum atomic E-state index is 13.5. The molecule has 0 aliphatic carbocycles. The van der Waals surface area contributed by atoms with Gasteiger partial charge in [0, 0.05) is 12.5 Å². The molecule has 2 rings (SSSR count). The molecule has 0 spiro atoms. The van der Waals surface area contributed by atoms with E-state index in [9.17, 15) is 18.0 Å². The largest absolute Gasteiger partial charge is 0.476 e. The highest BCUT2D eigenvalue weighted by molar-refractivity contribution is 5.85. The molecule has 104 valence electrons. The summed E-state index contributed by atoms with van der Waals surface area (Å²) in [4.78, 5) is 18.0. The molecule has 0 bridgehead atoms. The van der Waals surface area contributed by atoms with Gasteiger partial charge in [0.2, 0.25) is 0 Å². The lowest BCUT2D eigenvalue weighted by Gasteiger charge is -2.14. The molecule has 0 atom stereocenters. The van der Waals surface area contributed by atoms with Crippen LogP contribution in [0.2, 0.25) is 0 Å². The lowest BCUT2D eigenvalue weighted by atomic mass is 10.1. The summed E-state index contributed by atoms with van der Waals surface area (Å²) < 4.78 is 40.2. The zero-order valence-electron chi connectivity index (χ0n) is 10.3. The van der Waals surface area contributed by atoms with E-state index in [1.165, 1.54) is 12.1 Å². The highest BCUT2D eigenvalue weighted by atomic mass is 19.3. The first-order valence-corrected chi connectivity index (χ1v) is 5.53. The van der Waals surface area contributed by atoms with E-state index >= 15 is 0 Å². The van der Waals surface area contributed by atoms with Gasteiger partial charge in [0.15, 0.2) is 5.69 Å². The molecule has 0 unspecified atom stereocenters. The third kappa shape index (κ3) is 2.76. The van der Waals surface area contributed by atoms with Crippen molar-refractivity contribution < 1.29 is 23.1 Å². The molecule has 0 radical (unpaired) electrons. The van der Waals surface area contributed by atoms with Crippen LogP contribution in [-0.2, 0) is 5.92 Å². The van der Waals surface area contributed by atoms with Gasteiger partial charge in [-0.2, -0.15) is 8.78 Å². The highest BCUT2D eigenvalue weighted by Gasteiger charge is 2.31. The molecule has 1 N–H and O–H groups in total. The Hall–Kier alpha value is -2.44. The third-order valence-corrected chi connectivity index (χ3v) is 2.51. The SMILES string of the molecule is CC(F)(F)c1ncc(C(=O)O)nc1-c1cccc(F)c1. The topological polar surface area (TPSA) is 63.1 Å². The van der Waals surface area contributed by atoms with E-state index in [1.54, 1.807) is 0 Å². The Labute approximate surface area is 111 Å². The van der Waals surface area contributed by atoms with Crippen LogP contribution in [0.4, 0.5) is 13.2 Å². The van der Waals surface area contributed by atoms with Crippen molar-refractivity contribution in [3.63, 3.8) is 0 Å². The molecule has 0 amide bonds. The fraction of sp³-hybridized carbons (Fsp3) is 0.154. The van der Waals surface area contributed by atoms with E-state index in [2.05, 4.69) is 9.97 Å². The van der Waals surface area contributed by atoms with Crippen LogP contribution in [0.25, 0.3) is 11.3 Å². The number of hydrogen-bond donors (Lipinski definition) is 1. The molecule has 1 aromatic carbocycles. The number of carboxylic acids is 1. The van der Waals surface area contributed by atoms with Gasteiger partial charge in [0.1, 0.15) is 11.5 Å². The number of hydrogen-bond acceptors (Lipinski definition) is 3. The highest BCUT2D eigenvalue weighted by Crippen LogP contribution is 2.33. The van der Waals surface area contributed by atoms with Gasteiger partial charge in [0.25, 0.3) is 5.92 Å². The number of aromatic nitrogens is 2. The summed E-state index contributed by atoms with van der Waals surface area (Å²) in [6, 6.07) is 4.80. The summed E-state index contributed by atoms with van der Waals surface area (Å²) in [7, 11) is 0. The van der Waals surface area contributed by atoms with Crippen molar-refractivity contribution in [3.05, 3.63) is 47.7 Å². The van der Waals surface area contributed by atoms with Crippen molar-refractivity contribution >= 4 is 5.97 Å². The molecule has 1 aromatic heterocycles. The molecule has 20 heavy (non-hydrogen) atoms. The minimum Gasteiger partial charge on any atom is -0.476 e. The summed E-state index contributed by atoms with van der Waals surface area (Å²) in [6.07, 6.45) is 0.748. The first kappa shape index (κ1) is 14.0. The molecule has 4 nitrogen and oxygen atoms in total. The molecule has 0 saturated carbocycles. The summed E-state index contributed by atoms with van der Waals surface area (Å²) >= 11 is 0. The molecule has 0 aliphatic rings. The van der Waals surface area contributed by atoms with Gasteiger partial charge in [-0.15, -0.1) is 0 Å². The fourth-order valence-corrected chi connectivity index (χ4v) is 1.65. The third-order valence-electron chi connectivity index (χ3n) is 2.51. The van der Waals surface area contributed by atoms with Crippen LogP contribution in [0.3, 0.4) is 0 Å². The number of carboxylic acid groups (broad SMARTS) is 1. The van der Waals surface area contributed by atoms with Gasteiger partial charge in [-0.3, -0.25) is 4.98 Å². The van der Waals surface area contributed by atoms with E-state index in [1.807, 2.05) is 0 Å². The molecular weight excluding hydrogens is 273 g/mol. The predicted molar refractivity (Wildman–Crippen MR) is 64.0 cm³/mol. The summed E-state index contributed by atoms with van der Waals surface area (Å²) in [5.74, 6) is -5.37. The zero-order valence-corrected chi connectivity index (χ0v) is 10.3. The average molecular weight is 282 g/mol. The van der Waals surface area contributed by atoms with Gasteiger partial charge >= 0.3 is 5.97 Å². The minimum absolute atomic E-state index is 0.0390. The monoisotopic (exact) mass is 282 g/mol. The Morgan fingerprint density at radius 2 is 2.05 bits per heavy atom. The van der Waals surface area contributed by atoms with Gasteiger partial charge < -0.3 is 5.11 Å². The molecule has 2 aromatic rings. The van der Waals surface area contributed by atoms with E-state index in [0.717, 1.165) is 18.3 Å². The van der Waals surface area contributed by atoms with Crippen molar-refractivity contribution in [1.29, 1.82) is 0 Å². The van der Waals surface area contributed by atoms with Crippen LogP contribution < -0.4 is 0 Å². The number of benzene rings is 1. The Morgan fingerprint density at radius 1 is 1.35 bits per heavy atom.